The molecule has 7 nitrogen and oxygen atoms in total. The SMILES string of the molecule is Nc1nc(Cl)c(-c2cc3ccccc3s2)c(N[C@@H]2C[C@H](CO)[C@@H](O)[C@H]2O)n1. The first kappa shape index (κ1) is 18.4. The first-order valence-corrected chi connectivity index (χ1v) is 9.73. The van der Waals surface area contributed by atoms with Crippen molar-refractivity contribution < 1.29 is 15.3 Å². The number of aliphatic hydroxyl groups excluding tert-OH is 3. The Labute approximate surface area is 164 Å². The zero-order chi connectivity index (χ0) is 19.1. The van der Waals surface area contributed by atoms with E-state index in [4.69, 9.17) is 17.3 Å². The molecule has 2 heterocycles. The average molecular weight is 407 g/mol. The first-order chi connectivity index (χ1) is 13.0. The lowest BCUT2D eigenvalue weighted by molar-refractivity contribution is 0.00446. The molecule has 6 N–H and O–H groups in total. The van der Waals surface area contributed by atoms with Crippen LogP contribution in [0.1, 0.15) is 6.42 Å². The fourth-order valence-electron chi connectivity index (χ4n) is 3.50. The van der Waals surface area contributed by atoms with Gasteiger partial charge in [0.15, 0.2) is 0 Å². The minimum absolute atomic E-state index is 0.0131. The molecule has 4 rings (SSSR count). The Bertz CT molecular complexity index is 949. The highest BCUT2D eigenvalue weighted by atomic mass is 35.5. The van der Waals surface area contributed by atoms with Gasteiger partial charge in [0.05, 0.1) is 17.7 Å². The van der Waals surface area contributed by atoms with Crippen LogP contribution in [0.5, 0.6) is 0 Å². The van der Waals surface area contributed by atoms with Crippen molar-refractivity contribution in [3.05, 3.63) is 35.5 Å². The Balaban J connectivity index is 1.75. The van der Waals surface area contributed by atoms with Crippen LogP contribution in [0, 0.1) is 5.92 Å². The molecule has 0 radical (unpaired) electrons. The fraction of sp³-hybridized carbons (Fsp3) is 0.333. The summed E-state index contributed by atoms with van der Waals surface area (Å²) in [6.45, 7) is -0.202. The summed E-state index contributed by atoms with van der Waals surface area (Å²) in [5.41, 5.74) is 6.37. The van der Waals surface area contributed by atoms with Crippen molar-refractivity contribution in [2.75, 3.05) is 17.7 Å². The van der Waals surface area contributed by atoms with E-state index in [1.807, 2.05) is 30.3 Å². The van der Waals surface area contributed by atoms with Crippen LogP contribution in [0.3, 0.4) is 0 Å². The number of nitrogens with zero attached hydrogens (tertiary/aromatic N) is 2. The quantitative estimate of drug-likeness (QED) is 0.420. The molecule has 1 aliphatic carbocycles. The molecule has 1 aromatic carbocycles. The zero-order valence-corrected chi connectivity index (χ0v) is 15.8. The molecule has 0 aliphatic heterocycles. The molecule has 0 amide bonds. The summed E-state index contributed by atoms with van der Waals surface area (Å²) in [5, 5.41) is 34.2. The third kappa shape index (κ3) is 3.35. The summed E-state index contributed by atoms with van der Waals surface area (Å²) in [7, 11) is 0. The lowest BCUT2D eigenvalue weighted by Gasteiger charge is -2.20. The molecule has 1 fully saturated rings. The number of fused-ring (bicyclic) bond motifs is 1. The third-order valence-corrected chi connectivity index (χ3v) is 6.32. The average Bonchev–Trinajstić information content (AvgIpc) is 3.17. The Morgan fingerprint density at radius 3 is 2.70 bits per heavy atom. The van der Waals surface area contributed by atoms with Crippen molar-refractivity contribution in [3.63, 3.8) is 0 Å². The Morgan fingerprint density at radius 2 is 2.00 bits per heavy atom. The largest absolute Gasteiger partial charge is 0.396 e. The molecule has 1 aliphatic rings. The van der Waals surface area contributed by atoms with Crippen LogP contribution in [0.4, 0.5) is 11.8 Å². The van der Waals surface area contributed by atoms with Crippen molar-refractivity contribution in [1.82, 2.24) is 9.97 Å². The molecule has 0 bridgehead atoms. The number of halogens is 1. The van der Waals surface area contributed by atoms with Gasteiger partial charge in [-0.05, 0) is 23.9 Å². The van der Waals surface area contributed by atoms with Gasteiger partial charge in [0, 0.05) is 22.1 Å². The second-order valence-corrected chi connectivity index (χ2v) is 8.10. The fourth-order valence-corrected chi connectivity index (χ4v) is 4.95. The van der Waals surface area contributed by atoms with Crippen molar-refractivity contribution in [1.29, 1.82) is 0 Å². The molecule has 0 unspecified atom stereocenters. The van der Waals surface area contributed by atoms with E-state index < -0.39 is 24.2 Å². The van der Waals surface area contributed by atoms with Crippen LogP contribution in [0.15, 0.2) is 30.3 Å². The van der Waals surface area contributed by atoms with E-state index in [0.29, 0.717) is 17.8 Å². The van der Waals surface area contributed by atoms with E-state index in [-0.39, 0.29) is 17.7 Å². The molecular formula is C18H19ClN4O3S. The van der Waals surface area contributed by atoms with Gasteiger partial charge in [-0.1, -0.05) is 29.8 Å². The van der Waals surface area contributed by atoms with E-state index in [1.165, 1.54) is 0 Å². The van der Waals surface area contributed by atoms with Crippen LogP contribution in [0.2, 0.25) is 5.15 Å². The minimum atomic E-state index is -1.03. The normalized spacial score (nSPS) is 25.2. The molecule has 142 valence electrons. The maximum atomic E-state index is 10.3. The van der Waals surface area contributed by atoms with E-state index in [0.717, 1.165) is 15.0 Å². The van der Waals surface area contributed by atoms with Crippen molar-refractivity contribution in [2.45, 2.75) is 24.7 Å². The van der Waals surface area contributed by atoms with E-state index in [1.54, 1.807) is 11.3 Å². The zero-order valence-electron chi connectivity index (χ0n) is 14.2. The Hall–Kier alpha value is -1.97. The molecule has 3 aromatic rings. The number of nitrogens with two attached hydrogens (primary N) is 1. The molecule has 0 spiro atoms. The van der Waals surface area contributed by atoms with Crippen LogP contribution < -0.4 is 11.1 Å². The van der Waals surface area contributed by atoms with Crippen LogP contribution in [0.25, 0.3) is 20.5 Å². The number of nitrogens with one attached hydrogen (secondary N) is 1. The monoisotopic (exact) mass is 406 g/mol. The highest BCUT2D eigenvalue weighted by Crippen LogP contribution is 2.41. The highest BCUT2D eigenvalue weighted by Gasteiger charge is 2.41. The summed E-state index contributed by atoms with van der Waals surface area (Å²) in [5.74, 6) is 0.00734. The number of aliphatic hydroxyl groups is 3. The number of nitrogen functional groups attached to an aromatic ring is 1. The second-order valence-electron chi connectivity index (χ2n) is 6.66. The third-order valence-electron chi connectivity index (χ3n) is 4.91. The Kier molecular flexibility index (Phi) is 4.92. The van der Waals surface area contributed by atoms with E-state index >= 15 is 0 Å². The van der Waals surface area contributed by atoms with Crippen molar-refractivity contribution in [2.24, 2.45) is 5.92 Å². The van der Waals surface area contributed by atoms with Gasteiger partial charge >= 0.3 is 0 Å². The number of anilines is 2. The summed E-state index contributed by atoms with van der Waals surface area (Å²) in [6.07, 6.45) is -1.64. The highest BCUT2D eigenvalue weighted by molar-refractivity contribution is 7.22. The van der Waals surface area contributed by atoms with Gasteiger partial charge in [0.2, 0.25) is 5.95 Å². The maximum Gasteiger partial charge on any atom is 0.223 e. The van der Waals surface area contributed by atoms with Crippen molar-refractivity contribution >= 4 is 44.8 Å². The number of benzene rings is 1. The number of thiophene rings is 1. The summed E-state index contributed by atoms with van der Waals surface area (Å²) >= 11 is 7.94. The van der Waals surface area contributed by atoms with Gasteiger partial charge in [-0.3, -0.25) is 0 Å². The molecule has 27 heavy (non-hydrogen) atoms. The van der Waals surface area contributed by atoms with Gasteiger partial charge < -0.3 is 26.4 Å². The summed E-state index contributed by atoms with van der Waals surface area (Å²) < 4.78 is 1.10. The standard InChI is InChI=1S/C18H19ClN4O3S/c19-16-13(12-6-8-3-1-2-4-11(8)27-12)17(23-18(20)22-16)21-10-5-9(7-24)14(25)15(10)26/h1-4,6,9-10,14-15,24-26H,5,7H2,(H3,20,21,22,23)/t9-,10-,14-,15+/m1/s1. The maximum absolute atomic E-state index is 10.3. The second kappa shape index (κ2) is 7.21. The molecule has 9 heteroatoms. The molecule has 1 saturated carbocycles. The van der Waals surface area contributed by atoms with Gasteiger partial charge in [0.25, 0.3) is 0 Å². The minimum Gasteiger partial charge on any atom is -0.396 e. The molecule has 0 saturated heterocycles. The number of rotatable bonds is 4. The summed E-state index contributed by atoms with van der Waals surface area (Å²) in [4.78, 5) is 9.22. The number of hydrogen-bond acceptors (Lipinski definition) is 8. The first-order valence-electron chi connectivity index (χ1n) is 8.53. The Morgan fingerprint density at radius 1 is 1.22 bits per heavy atom. The lowest BCUT2D eigenvalue weighted by Crippen LogP contribution is -2.35. The van der Waals surface area contributed by atoms with Crippen molar-refractivity contribution in [3.8, 4) is 10.4 Å². The van der Waals surface area contributed by atoms with Crippen LogP contribution in [-0.2, 0) is 0 Å². The van der Waals surface area contributed by atoms with Gasteiger partial charge in [-0.25, -0.2) is 4.98 Å². The predicted octanol–water partition coefficient (Wildman–Crippen LogP) is 2.11. The van der Waals surface area contributed by atoms with Crippen LogP contribution >= 0.6 is 22.9 Å². The number of hydrogen-bond donors (Lipinski definition) is 5. The number of aromatic nitrogens is 2. The smallest absolute Gasteiger partial charge is 0.223 e. The topological polar surface area (TPSA) is 125 Å². The molecule has 2 aromatic heterocycles. The van der Waals surface area contributed by atoms with Gasteiger partial charge in [-0.2, -0.15) is 4.98 Å². The molecule has 4 atom stereocenters. The van der Waals surface area contributed by atoms with Crippen LogP contribution in [-0.4, -0.2) is 50.1 Å². The van der Waals surface area contributed by atoms with E-state index in [9.17, 15) is 15.3 Å². The van der Waals surface area contributed by atoms with Gasteiger partial charge in [0.1, 0.15) is 17.1 Å². The van der Waals surface area contributed by atoms with E-state index in [2.05, 4.69) is 15.3 Å². The van der Waals surface area contributed by atoms with Gasteiger partial charge in [-0.15, -0.1) is 11.3 Å². The predicted molar refractivity (Wildman–Crippen MR) is 107 cm³/mol. The summed E-state index contributed by atoms with van der Waals surface area (Å²) in [6, 6.07) is 9.47. The molecular weight excluding hydrogens is 388 g/mol. The lowest BCUT2D eigenvalue weighted by atomic mass is 10.1.